The molecule has 148 valence electrons. The second-order valence-corrected chi connectivity index (χ2v) is 8.52. The Kier molecular flexibility index (Phi) is 7.67. The first-order valence-electron chi connectivity index (χ1n) is 11.0. The predicted molar refractivity (Wildman–Crippen MR) is 110 cm³/mol. The van der Waals surface area contributed by atoms with Crippen LogP contribution in [0.5, 0.6) is 0 Å². The van der Waals surface area contributed by atoms with E-state index in [-0.39, 0.29) is 0 Å². The van der Waals surface area contributed by atoms with Crippen LogP contribution < -0.4 is 0 Å². The highest BCUT2D eigenvalue weighted by atomic mass is 19.1. The van der Waals surface area contributed by atoms with Gasteiger partial charge >= 0.3 is 0 Å². The maximum absolute atomic E-state index is 13.5. The van der Waals surface area contributed by atoms with Crippen molar-refractivity contribution in [1.29, 1.82) is 0 Å². The summed E-state index contributed by atoms with van der Waals surface area (Å²) in [5.74, 6) is 1.41. The summed E-state index contributed by atoms with van der Waals surface area (Å²) in [6, 6.07) is 3.88. The molecule has 3 rings (SSSR count). The van der Waals surface area contributed by atoms with Gasteiger partial charge in [0.1, 0.15) is 11.6 Å². The Hall–Kier alpha value is -1.44. The Morgan fingerprint density at radius 1 is 0.926 bits per heavy atom. The maximum Gasteiger partial charge on any atom is 0.126 e. The molecule has 2 aliphatic carbocycles. The Bertz CT molecular complexity index is 630. The van der Waals surface area contributed by atoms with Crippen LogP contribution in [0.2, 0.25) is 0 Å². The summed E-state index contributed by atoms with van der Waals surface area (Å²) in [5.41, 5.74) is 1.84. The molecule has 0 aliphatic heterocycles. The molecule has 1 atom stereocenters. The molecular weight excluding hydrogens is 338 g/mol. The number of halogens is 2. The largest absolute Gasteiger partial charge is 0.207 e. The van der Waals surface area contributed by atoms with E-state index in [1.807, 2.05) is 0 Å². The molecule has 27 heavy (non-hydrogen) atoms. The first kappa shape index (κ1) is 20.3. The SMILES string of the molecule is CCCCCC=CC1CCC(C2CC=C(c3cc(F)cc(F)c3)CC2)CC1. The Balaban J connectivity index is 1.46. The van der Waals surface area contributed by atoms with Crippen molar-refractivity contribution in [2.45, 2.75) is 77.6 Å². The van der Waals surface area contributed by atoms with E-state index in [4.69, 9.17) is 0 Å². The molecule has 0 saturated heterocycles. The number of unbranched alkanes of at least 4 members (excludes halogenated alkanes) is 3. The molecule has 1 aromatic rings. The smallest absolute Gasteiger partial charge is 0.126 e. The van der Waals surface area contributed by atoms with Gasteiger partial charge in [0.15, 0.2) is 0 Å². The summed E-state index contributed by atoms with van der Waals surface area (Å²) in [4.78, 5) is 0. The molecule has 0 heterocycles. The highest BCUT2D eigenvalue weighted by Gasteiger charge is 2.28. The Labute approximate surface area is 163 Å². The van der Waals surface area contributed by atoms with Crippen molar-refractivity contribution in [3.05, 3.63) is 53.6 Å². The van der Waals surface area contributed by atoms with Crippen LogP contribution in [0.1, 0.15) is 83.1 Å². The topological polar surface area (TPSA) is 0 Å². The molecule has 2 aliphatic rings. The van der Waals surface area contributed by atoms with Crippen LogP contribution in [0.15, 0.2) is 36.4 Å². The maximum atomic E-state index is 13.5. The highest BCUT2D eigenvalue weighted by Crippen LogP contribution is 2.41. The minimum Gasteiger partial charge on any atom is -0.207 e. The molecule has 0 aromatic heterocycles. The average Bonchev–Trinajstić information content (AvgIpc) is 2.68. The van der Waals surface area contributed by atoms with Crippen molar-refractivity contribution in [2.24, 2.45) is 17.8 Å². The van der Waals surface area contributed by atoms with Crippen molar-refractivity contribution >= 4 is 5.57 Å². The second kappa shape index (κ2) is 10.2. The van der Waals surface area contributed by atoms with Crippen molar-refractivity contribution < 1.29 is 8.78 Å². The van der Waals surface area contributed by atoms with Crippen molar-refractivity contribution in [3.8, 4) is 0 Å². The summed E-state index contributed by atoms with van der Waals surface area (Å²) in [5, 5.41) is 0. The van der Waals surface area contributed by atoms with Gasteiger partial charge in [0.25, 0.3) is 0 Å². The van der Waals surface area contributed by atoms with Gasteiger partial charge in [0.05, 0.1) is 0 Å². The molecular formula is C25H34F2. The molecule has 2 heteroatoms. The third-order valence-electron chi connectivity index (χ3n) is 6.55. The lowest BCUT2D eigenvalue weighted by Crippen LogP contribution is -2.22. The van der Waals surface area contributed by atoms with Gasteiger partial charge < -0.3 is 0 Å². The van der Waals surface area contributed by atoms with Crippen molar-refractivity contribution in [2.75, 3.05) is 0 Å². The summed E-state index contributed by atoms with van der Waals surface area (Å²) in [6.07, 6.45) is 20.8. The van der Waals surface area contributed by atoms with E-state index in [0.29, 0.717) is 0 Å². The van der Waals surface area contributed by atoms with E-state index < -0.39 is 11.6 Å². The number of hydrogen-bond acceptors (Lipinski definition) is 0. The zero-order valence-electron chi connectivity index (χ0n) is 16.7. The normalized spacial score (nSPS) is 26.3. The van der Waals surface area contributed by atoms with Gasteiger partial charge in [-0.1, -0.05) is 38.0 Å². The molecule has 0 radical (unpaired) electrons. The number of benzene rings is 1. The summed E-state index contributed by atoms with van der Waals surface area (Å²) in [6.45, 7) is 2.25. The van der Waals surface area contributed by atoms with Gasteiger partial charge in [-0.3, -0.25) is 0 Å². The zero-order chi connectivity index (χ0) is 19.1. The third kappa shape index (κ3) is 6.02. The van der Waals surface area contributed by atoms with Crippen molar-refractivity contribution in [3.63, 3.8) is 0 Å². The monoisotopic (exact) mass is 372 g/mol. The molecule has 1 fully saturated rings. The quantitative estimate of drug-likeness (QED) is 0.335. The lowest BCUT2D eigenvalue weighted by molar-refractivity contribution is 0.212. The van der Waals surface area contributed by atoms with Gasteiger partial charge in [-0.25, -0.2) is 8.78 Å². The molecule has 0 nitrogen and oxygen atoms in total. The molecule has 0 N–H and O–H groups in total. The number of allylic oxidation sites excluding steroid dienone is 4. The van der Waals surface area contributed by atoms with Crippen LogP contribution in [0.4, 0.5) is 8.78 Å². The number of rotatable bonds is 7. The molecule has 0 amide bonds. The van der Waals surface area contributed by atoms with Crippen molar-refractivity contribution in [1.82, 2.24) is 0 Å². The van der Waals surface area contributed by atoms with Crippen LogP contribution in [0, 0.1) is 29.4 Å². The van der Waals surface area contributed by atoms with E-state index in [2.05, 4.69) is 25.2 Å². The van der Waals surface area contributed by atoms with Gasteiger partial charge in [-0.2, -0.15) is 0 Å². The van der Waals surface area contributed by atoms with Gasteiger partial charge in [-0.05, 0) is 98.8 Å². The molecule has 1 unspecified atom stereocenters. The first-order chi connectivity index (χ1) is 13.2. The summed E-state index contributed by atoms with van der Waals surface area (Å²) >= 11 is 0. The fraction of sp³-hybridized carbons (Fsp3) is 0.600. The van der Waals surface area contributed by atoms with E-state index >= 15 is 0 Å². The minimum absolute atomic E-state index is 0.478. The summed E-state index contributed by atoms with van der Waals surface area (Å²) in [7, 11) is 0. The predicted octanol–water partition coefficient (Wildman–Crippen LogP) is 8.09. The Morgan fingerprint density at radius 3 is 2.30 bits per heavy atom. The Morgan fingerprint density at radius 2 is 1.67 bits per heavy atom. The lowest BCUT2D eigenvalue weighted by atomic mass is 9.71. The van der Waals surface area contributed by atoms with Crippen LogP contribution in [-0.4, -0.2) is 0 Å². The van der Waals surface area contributed by atoms with E-state index in [1.54, 1.807) is 0 Å². The van der Waals surface area contributed by atoms with Crippen LogP contribution in [0.25, 0.3) is 5.57 Å². The molecule has 0 spiro atoms. The zero-order valence-corrected chi connectivity index (χ0v) is 16.7. The minimum atomic E-state index is -0.478. The average molecular weight is 373 g/mol. The highest BCUT2D eigenvalue weighted by molar-refractivity contribution is 5.66. The molecule has 1 aromatic carbocycles. The van der Waals surface area contributed by atoms with Crippen LogP contribution >= 0.6 is 0 Å². The van der Waals surface area contributed by atoms with E-state index in [0.717, 1.165) is 54.2 Å². The van der Waals surface area contributed by atoms with Crippen LogP contribution in [0.3, 0.4) is 0 Å². The standard InChI is InChI=1S/C25H34F2/c1-2-3-4-5-6-7-19-8-10-20(11-9-19)21-12-14-22(15-13-21)23-16-24(26)18-25(27)17-23/h6-7,14,16-21H,2-5,8-13,15H2,1H3. The van der Waals surface area contributed by atoms with Gasteiger partial charge in [0.2, 0.25) is 0 Å². The second-order valence-electron chi connectivity index (χ2n) is 8.52. The molecule has 1 saturated carbocycles. The first-order valence-corrected chi connectivity index (χ1v) is 11.0. The summed E-state index contributed by atoms with van der Waals surface area (Å²) < 4.78 is 26.9. The van der Waals surface area contributed by atoms with E-state index in [9.17, 15) is 8.78 Å². The van der Waals surface area contributed by atoms with Gasteiger partial charge in [-0.15, -0.1) is 0 Å². The molecule has 0 bridgehead atoms. The van der Waals surface area contributed by atoms with E-state index in [1.165, 1.54) is 63.5 Å². The fourth-order valence-electron chi connectivity index (χ4n) is 4.89. The van der Waals surface area contributed by atoms with Gasteiger partial charge in [0, 0.05) is 6.07 Å². The number of hydrogen-bond donors (Lipinski definition) is 0. The third-order valence-corrected chi connectivity index (χ3v) is 6.55. The fourth-order valence-corrected chi connectivity index (χ4v) is 4.89. The lowest BCUT2D eigenvalue weighted by Gasteiger charge is -2.35. The van der Waals surface area contributed by atoms with Crippen LogP contribution in [-0.2, 0) is 0 Å².